The van der Waals surface area contributed by atoms with Crippen molar-refractivity contribution < 1.29 is 9.47 Å². The molecular formula is C20H28N2O3S. The number of nitrogens with zero attached hydrogens (tertiary/aromatic N) is 1. The predicted octanol–water partition coefficient (Wildman–Crippen LogP) is 4.85. The lowest BCUT2D eigenvalue weighted by atomic mass is 9.78. The molecule has 3 atom stereocenters. The van der Waals surface area contributed by atoms with Crippen molar-refractivity contribution in [3.8, 4) is 11.5 Å². The highest BCUT2D eigenvalue weighted by atomic mass is 32.1. The number of H-pyrrole nitrogens is 1. The van der Waals surface area contributed by atoms with Gasteiger partial charge in [0.2, 0.25) is 0 Å². The number of hydrogen-bond acceptors (Lipinski definition) is 4. The van der Waals surface area contributed by atoms with Crippen LogP contribution in [0.2, 0.25) is 0 Å². The SMILES string of the molecule is CCOc1cc2[nH]c(=S)n([C@@H]3CCC[C@H](C)[C@H]3C)c(=O)c2cc1OCC. The number of aromatic amines is 1. The van der Waals surface area contributed by atoms with Crippen LogP contribution in [-0.4, -0.2) is 22.8 Å². The van der Waals surface area contributed by atoms with Crippen molar-refractivity contribution in [2.75, 3.05) is 13.2 Å². The van der Waals surface area contributed by atoms with Crippen LogP contribution in [0, 0.1) is 16.6 Å². The molecule has 0 radical (unpaired) electrons. The third-order valence-corrected chi connectivity index (χ3v) is 5.89. The molecule has 5 nitrogen and oxygen atoms in total. The normalized spacial score (nSPS) is 23.2. The summed E-state index contributed by atoms with van der Waals surface area (Å²) in [5.74, 6) is 2.23. The molecule has 0 aliphatic heterocycles. The number of rotatable bonds is 5. The highest BCUT2D eigenvalue weighted by Crippen LogP contribution is 2.37. The first-order valence-electron chi connectivity index (χ1n) is 9.56. The second kappa shape index (κ2) is 7.82. The lowest BCUT2D eigenvalue weighted by molar-refractivity contribution is 0.181. The van der Waals surface area contributed by atoms with Gasteiger partial charge in [-0.05, 0) is 50.4 Å². The molecule has 3 rings (SSSR count). The van der Waals surface area contributed by atoms with E-state index in [9.17, 15) is 4.79 Å². The first-order valence-corrected chi connectivity index (χ1v) is 9.96. The summed E-state index contributed by atoms with van der Waals surface area (Å²) in [6.07, 6.45) is 3.33. The zero-order valence-corrected chi connectivity index (χ0v) is 16.8. The van der Waals surface area contributed by atoms with Crippen LogP contribution in [-0.2, 0) is 0 Å². The van der Waals surface area contributed by atoms with E-state index in [1.807, 2.05) is 19.9 Å². The smallest absolute Gasteiger partial charge is 0.262 e. The summed E-state index contributed by atoms with van der Waals surface area (Å²) in [7, 11) is 0. The molecule has 0 spiro atoms. The van der Waals surface area contributed by atoms with Crippen molar-refractivity contribution in [2.45, 2.75) is 53.0 Å². The van der Waals surface area contributed by atoms with E-state index < -0.39 is 0 Å². The van der Waals surface area contributed by atoms with Crippen LogP contribution in [0.4, 0.5) is 0 Å². The first-order chi connectivity index (χ1) is 12.5. The van der Waals surface area contributed by atoms with Gasteiger partial charge in [0, 0.05) is 12.1 Å². The average Bonchev–Trinajstić information content (AvgIpc) is 2.60. The summed E-state index contributed by atoms with van der Waals surface area (Å²) >= 11 is 5.57. The molecule has 6 heteroatoms. The van der Waals surface area contributed by atoms with Gasteiger partial charge >= 0.3 is 0 Å². The molecule has 1 aliphatic rings. The molecule has 0 unspecified atom stereocenters. The molecule has 0 saturated heterocycles. The molecular weight excluding hydrogens is 348 g/mol. The van der Waals surface area contributed by atoms with E-state index in [-0.39, 0.29) is 11.6 Å². The Balaban J connectivity index is 2.19. The van der Waals surface area contributed by atoms with E-state index in [0.29, 0.717) is 52.2 Å². The molecule has 1 aromatic heterocycles. The van der Waals surface area contributed by atoms with Gasteiger partial charge in [-0.3, -0.25) is 9.36 Å². The van der Waals surface area contributed by atoms with Crippen LogP contribution in [0.5, 0.6) is 11.5 Å². The minimum atomic E-state index is -0.0429. The van der Waals surface area contributed by atoms with Crippen LogP contribution in [0.3, 0.4) is 0 Å². The molecule has 1 N–H and O–H groups in total. The van der Waals surface area contributed by atoms with Crippen LogP contribution >= 0.6 is 12.2 Å². The van der Waals surface area contributed by atoms with Gasteiger partial charge < -0.3 is 14.5 Å². The monoisotopic (exact) mass is 376 g/mol. The molecule has 0 bridgehead atoms. The third-order valence-electron chi connectivity index (χ3n) is 5.59. The first kappa shape index (κ1) is 19.0. The van der Waals surface area contributed by atoms with Gasteiger partial charge in [-0.2, -0.15) is 0 Å². The third kappa shape index (κ3) is 3.39. The molecule has 1 saturated carbocycles. The van der Waals surface area contributed by atoms with Gasteiger partial charge in [0.15, 0.2) is 16.3 Å². The zero-order chi connectivity index (χ0) is 18.8. The Morgan fingerprint density at radius 1 is 1.15 bits per heavy atom. The summed E-state index contributed by atoms with van der Waals surface area (Å²) in [6.45, 7) is 9.37. The number of hydrogen-bond donors (Lipinski definition) is 1. The molecule has 2 aromatic rings. The van der Waals surface area contributed by atoms with Crippen LogP contribution < -0.4 is 15.0 Å². The predicted molar refractivity (Wildman–Crippen MR) is 107 cm³/mol. The van der Waals surface area contributed by atoms with Gasteiger partial charge in [-0.15, -0.1) is 0 Å². The Labute approximate surface area is 159 Å². The van der Waals surface area contributed by atoms with Crippen molar-refractivity contribution in [3.63, 3.8) is 0 Å². The Kier molecular flexibility index (Phi) is 5.70. The maximum Gasteiger partial charge on any atom is 0.262 e. The van der Waals surface area contributed by atoms with E-state index in [0.717, 1.165) is 12.8 Å². The van der Waals surface area contributed by atoms with Crippen LogP contribution in [0.25, 0.3) is 10.9 Å². The van der Waals surface area contributed by atoms with E-state index in [1.165, 1.54) is 6.42 Å². The Bertz CT molecular complexity index is 902. The largest absolute Gasteiger partial charge is 0.490 e. The lowest BCUT2D eigenvalue weighted by Crippen LogP contribution is -2.34. The molecule has 142 valence electrons. The van der Waals surface area contributed by atoms with Gasteiger partial charge in [-0.1, -0.05) is 26.7 Å². The quantitative estimate of drug-likeness (QED) is 0.758. The number of fused-ring (bicyclic) bond motifs is 1. The highest BCUT2D eigenvalue weighted by molar-refractivity contribution is 7.71. The average molecular weight is 377 g/mol. The Morgan fingerprint density at radius 2 is 1.81 bits per heavy atom. The summed E-state index contributed by atoms with van der Waals surface area (Å²) < 4.78 is 13.6. The summed E-state index contributed by atoms with van der Waals surface area (Å²) in [6, 6.07) is 3.74. The summed E-state index contributed by atoms with van der Waals surface area (Å²) in [5, 5.41) is 0.593. The van der Waals surface area contributed by atoms with Crippen molar-refractivity contribution in [2.24, 2.45) is 11.8 Å². The number of ether oxygens (including phenoxy) is 2. The lowest BCUT2D eigenvalue weighted by Gasteiger charge is -2.35. The van der Waals surface area contributed by atoms with E-state index >= 15 is 0 Å². The fourth-order valence-corrected chi connectivity index (χ4v) is 4.32. The number of benzene rings is 1. The van der Waals surface area contributed by atoms with E-state index in [2.05, 4.69) is 18.8 Å². The Hall–Kier alpha value is -1.82. The standard InChI is InChI=1S/C20H28N2O3S/c1-5-24-17-10-14-15(11-18(17)25-6-2)21-20(26)22(19(14)23)16-9-7-8-12(3)13(16)4/h10-13,16H,5-9H2,1-4H3,(H,21,26)/t12-,13+,16+/m0/s1. The minimum absolute atomic E-state index is 0.0429. The second-order valence-corrected chi connectivity index (χ2v) is 7.54. The second-order valence-electron chi connectivity index (χ2n) is 7.15. The molecule has 26 heavy (non-hydrogen) atoms. The highest BCUT2D eigenvalue weighted by Gasteiger charge is 2.30. The van der Waals surface area contributed by atoms with Crippen molar-refractivity contribution in [1.29, 1.82) is 0 Å². The minimum Gasteiger partial charge on any atom is -0.490 e. The zero-order valence-electron chi connectivity index (χ0n) is 16.0. The molecule has 1 aromatic carbocycles. The fraction of sp³-hybridized carbons (Fsp3) is 0.600. The van der Waals surface area contributed by atoms with Crippen molar-refractivity contribution in [3.05, 3.63) is 27.3 Å². The molecule has 0 amide bonds. The summed E-state index contributed by atoms with van der Waals surface area (Å²) in [4.78, 5) is 16.5. The van der Waals surface area contributed by atoms with Crippen molar-refractivity contribution >= 4 is 23.1 Å². The molecule has 1 aliphatic carbocycles. The van der Waals surface area contributed by atoms with E-state index in [1.54, 1.807) is 10.6 Å². The van der Waals surface area contributed by atoms with Crippen LogP contribution in [0.1, 0.15) is 53.0 Å². The molecule has 1 fully saturated rings. The van der Waals surface area contributed by atoms with Gasteiger partial charge in [0.25, 0.3) is 5.56 Å². The van der Waals surface area contributed by atoms with E-state index in [4.69, 9.17) is 21.7 Å². The van der Waals surface area contributed by atoms with Crippen LogP contribution in [0.15, 0.2) is 16.9 Å². The number of nitrogens with one attached hydrogen (secondary N) is 1. The van der Waals surface area contributed by atoms with Gasteiger partial charge in [0.05, 0.1) is 24.1 Å². The van der Waals surface area contributed by atoms with Crippen molar-refractivity contribution in [1.82, 2.24) is 9.55 Å². The number of aromatic nitrogens is 2. The molecule has 1 heterocycles. The topological polar surface area (TPSA) is 56.2 Å². The summed E-state index contributed by atoms with van der Waals surface area (Å²) in [5.41, 5.74) is 0.651. The maximum atomic E-state index is 13.3. The maximum absolute atomic E-state index is 13.3. The van der Waals surface area contributed by atoms with Gasteiger partial charge in [-0.25, -0.2) is 0 Å². The Morgan fingerprint density at radius 3 is 2.46 bits per heavy atom. The van der Waals surface area contributed by atoms with Gasteiger partial charge in [0.1, 0.15) is 0 Å². The fourth-order valence-electron chi connectivity index (χ4n) is 3.99.